The summed E-state index contributed by atoms with van der Waals surface area (Å²) in [7, 11) is 0. The van der Waals surface area contributed by atoms with Gasteiger partial charge in [-0.3, -0.25) is 0 Å². The Morgan fingerprint density at radius 1 is 1.08 bits per heavy atom. The number of carbonyl (C=O) groups is 1. The average molecular weight is 324 g/mol. The zero-order chi connectivity index (χ0) is 17.0. The lowest BCUT2D eigenvalue weighted by Crippen LogP contribution is -2.26. The summed E-state index contributed by atoms with van der Waals surface area (Å²) in [4.78, 5) is 11.4. The molecule has 2 aromatic rings. The lowest BCUT2D eigenvalue weighted by Gasteiger charge is -2.35. The number of benzene rings is 2. The summed E-state index contributed by atoms with van der Waals surface area (Å²) in [5.74, 6) is -0.0708. The van der Waals surface area contributed by atoms with Gasteiger partial charge in [0.25, 0.3) is 0 Å². The van der Waals surface area contributed by atoms with Gasteiger partial charge in [-0.15, -0.1) is 0 Å². The van der Waals surface area contributed by atoms with Crippen LogP contribution in [0.1, 0.15) is 60.5 Å². The zero-order valence-corrected chi connectivity index (χ0v) is 14.1. The van der Waals surface area contributed by atoms with E-state index in [0.29, 0.717) is 12.2 Å². The molecule has 1 aliphatic carbocycles. The van der Waals surface area contributed by atoms with E-state index in [9.17, 15) is 9.90 Å². The molecule has 1 fully saturated rings. The van der Waals surface area contributed by atoms with E-state index in [1.807, 2.05) is 42.5 Å². The quantitative estimate of drug-likeness (QED) is 0.823. The molecule has 0 saturated heterocycles. The molecule has 126 valence electrons. The van der Waals surface area contributed by atoms with Crippen LogP contribution in [0.15, 0.2) is 48.5 Å². The molecule has 0 aliphatic heterocycles. The number of carboxylic acids is 1. The Morgan fingerprint density at radius 3 is 2.46 bits per heavy atom. The van der Waals surface area contributed by atoms with Crippen molar-refractivity contribution in [1.82, 2.24) is 0 Å². The first-order chi connectivity index (χ1) is 11.6. The third-order valence-corrected chi connectivity index (χ3v) is 5.07. The van der Waals surface area contributed by atoms with Crippen molar-refractivity contribution >= 4 is 5.97 Å². The van der Waals surface area contributed by atoms with Gasteiger partial charge in [-0.25, -0.2) is 4.79 Å². The largest absolute Gasteiger partial charge is 0.489 e. The van der Waals surface area contributed by atoms with Crippen LogP contribution in [0.25, 0.3) is 0 Å². The third-order valence-electron chi connectivity index (χ3n) is 5.07. The molecule has 3 rings (SSSR count). The van der Waals surface area contributed by atoms with E-state index in [4.69, 9.17) is 4.74 Å². The van der Waals surface area contributed by atoms with Crippen molar-refractivity contribution in [2.75, 3.05) is 0 Å². The van der Waals surface area contributed by atoms with Crippen molar-refractivity contribution in [3.8, 4) is 5.75 Å². The van der Waals surface area contributed by atoms with Crippen molar-refractivity contribution in [2.24, 2.45) is 0 Å². The second kappa shape index (κ2) is 7.08. The average Bonchev–Trinajstić information content (AvgIpc) is 2.61. The van der Waals surface area contributed by atoms with Crippen LogP contribution in [0.4, 0.5) is 0 Å². The molecule has 2 aromatic carbocycles. The van der Waals surface area contributed by atoms with Crippen LogP contribution in [0.5, 0.6) is 5.75 Å². The van der Waals surface area contributed by atoms with Crippen LogP contribution in [0.3, 0.4) is 0 Å². The van der Waals surface area contributed by atoms with Gasteiger partial charge in [0, 0.05) is 5.56 Å². The van der Waals surface area contributed by atoms with Gasteiger partial charge in [0.15, 0.2) is 0 Å². The van der Waals surface area contributed by atoms with Gasteiger partial charge >= 0.3 is 5.97 Å². The molecule has 0 heterocycles. The van der Waals surface area contributed by atoms with Gasteiger partial charge in [0.2, 0.25) is 0 Å². The maximum atomic E-state index is 11.4. The molecule has 1 aliphatic rings. The van der Waals surface area contributed by atoms with E-state index in [2.05, 4.69) is 6.92 Å². The highest BCUT2D eigenvalue weighted by Gasteiger charge is 2.32. The van der Waals surface area contributed by atoms with E-state index < -0.39 is 5.97 Å². The fourth-order valence-corrected chi connectivity index (χ4v) is 3.60. The van der Waals surface area contributed by atoms with Crippen LogP contribution < -0.4 is 4.74 Å². The molecule has 0 bridgehead atoms. The molecule has 0 aromatic heterocycles. The number of hydrogen-bond donors (Lipinski definition) is 1. The zero-order valence-electron chi connectivity index (χ0n) is 14.1. The summed E-state index contributed by atoms with van der Waals surface area (Å²) in [6.45, 7) is 2.73. The summed E-state index contributed by atoms with van der Waals surface area (Å²) in [6, 6.07) is 15.3. The molecule has 0 atom stereocenters. The highest BCUT2D eigenvalue weighted by molar-refractivity contribution is 5.88. The van der Waals surface area contributed by atoms with Crippen molar-refractivity contribution in [3.05, 3.63) is 65.2 Å². The van der Waals surface area contributed by atoms with Crippen molar-refractivity contribution < 1.29 is 14.6 Å². The Labute approximate surface area is 143 Å². The molecule has 3 nitrogen and oxygen atoms in total. The SMILES string of the molecule is CC1(c2cc(C(=O)O)ccc2OCc2ccccc2)CCCCC1. The molecule has 0 amide bonds. The fraction of sp³-hybridized carbons (Fsp3) is 0.381. The minimum Gasteiger partial charge on any atom is -0.489 e. The fourth-order valence-electron chi connectivity index (χ4n) is 3.60. The second-order valence-corrected chi connectivity index (χ2v) is 6.91. The lowest BCUT2D eigenvalue weighted by atomic mass is 9.70. The molecular weight excluding hydrogens is 300 g/mol. The first-order valence-corrected chi connectivity index (χ1v) is 8.63. The Morgan fingerprint density at radius 2 is 1.79 bits per heavy atom. The molecule has 1 N–H and O–H groups in total. The number of rotatable bonds is 5. The minimum atomic E-state index is -0.884. The molecule has 0 spiro atoms. The maximum absolute atomic E-state index is 11.4. The predicted molar refractivity (Wildman–Crippen MR) is 94.6 cm³/mol. The van der Waals surface area contributed by atoms with Gasteiger partial charge < -0.3 is 9.84 Å². The number of carboxylic acid groups (broad SMARTS) is 1. The highest BCUT2D eigenvalue weighted by Crippen LogP contribution is 2.43. The Kier molecular flexibility index (Phi) is 4.89. The van der Waals surface area contributed by atoms with E-state index in [0.717, 1.165) is 29.7 Å². The molecule has 0 unspecified atom stereocenters. The molecule has 24 heavy (non-hydrogen) atoms. The van der Waals surface area contributed by atoms with E-state index in [1.165, 1.54) is 19.3 Å². The second-order valence-electron chi connectivity index (χ2n) is 6.91. The predicted octanol–water partition coefficient (Wildman–Crippen LogP) is 5.19. The van der Waals surface area contributed by atoms with Crippen molar-refractivity contribution in [3.63, 3.8) is 0 Å². The van der Waals surface area contributed by atoms with Gasteiger partial charge in [0.05, 0.1) is 5.56 Å². The van der Waals surface area contributed by atoms with Crippen LogP contribution in [0, 0.1) is 0 Å². The summed E-state index contributed by atoms with van der Waals surface area (Å²) in [5, 5.41) is 9.35. The van der Waals surface area contributed by atoms with Crippen LogP contribution in [-0.2, 0) is 12.0 Å². The number of hydrogen-bond acceptors (Lipinski definition) is 2. The molecular formula is C21H24O3. The van der Waals surface area contributed by atoms with Gasteiger partial charge in [-0.05, 0) is 42.0 Å². The van der Waals surface area contributed by atoms with Gasteiger partial charge in [0.1, 0.15) is 12.4 Å². The number of aromatic carboxylic acids is 1. The Bertz CT molecular complexity index is 700. The maximum Gasteiger partial charge on any atom is 0.335 e. The van der Waals surface area contributed by atoms with Crippen molar-refractivity contribution in [1.29, 1.82) is 0 Å². The van der Waals surface area contributed by atoms with E-state index in [1.54, 1.807) is 6.07 Å². The molecule has 1 saturated carbocycles. The summed E-state index contributed by atoms with van der Waals surface area (Å²) >= 11 is 0. The molecule has 0 radical (unpaired) electrons. The minimum absolute atomic E-state index is 0.00423. The van der Waals surface area contributed by atoms with E-state index in [-0.39, 0.29) is 5.41 Å². The smallest absolute Gasteiger partial charge is 0.335 e. The van der Waals surface area contributed by atoms with E-state index >= 15 is 0 Å². The van der Waals surface area contributed by atoms with Gasteiger partial charge in [-0.1, -0.05) is 56.5 Å². The van der Waals surface area contributed by atoms with Crippen LogP contribution >= 0.6 is 0 Å². The number of ether oxygens (including phenoxy) is 1. The molecule has 3 heteroatoms. The lowest BCUT2D eigenvalue weighted by molar-refractivity contribution is 0.0696. The highest BCUT2D eigenvalue weighted by atomic mass is 16.5. The topological polar surface area (TPSA) is 46.5 Å². The Balaban J connectivity index is 1.91. The first-order valence-electron chi connectivity index (χ1n) is 8.63. The van der Waals surface area contributed by atoms with Crippen LogP contribution in [-0.4, -0.2) is 11.1 Å². The standard InChI is InChI=1S/C21H24O3/c1-21(12-6-3-7-13-21)18-14-17(20(22)23)10-11-19(18)24-15-16-8-4-2-5-9-16/h2,4-5,8-11,14H,3,6-7,12-13,15H2,1H3,(H,22,23). The Hall–Kier alpha value is -2.29. The normalized spacial score (nSPS) is 16.5. The monoisotopic (exact) mass is 324 g/mol. The summed E-state index contributed by atoms with van der Waals surface area (Å²) in [6.07, 6.45) is 5.79. The summed E-state index contributed by atoms with van der Waals surface area (Å²) in [5.41, 5.74) is 2.48. The van der Waals surface area contributed by atoms with Crippen molar-refractivity contribution in [2.45, 2.75) is 51.0 Å². The van der Waals surface area contributed by atoms with Crippen LogP contribution in [0.2, 0.25) is 0 Å². The first kappa shape index (κ1) is 16.6. The van der Waals surface area contributed by atoms with Gasteiger partial charge in [-0.2, -0.15) is 0 Å². The summed E-state index contributed by atoms with van der Waals surface area (Å²) < 4.78 is 6.08. The third kappa shape index (κ3) is 3.61.